The standard InChI is InChI=1S/C21H15ClN2O2/c22-13-20(25)24-16-8-4-7-15(11-16)19-12-18-21(26-19)17(9-10-23-18)14-5-2-1-3-6-14/h1-12H,13H2,(H,24,25). The zero-order valence-electron chi connectivity index (χ0n) is 13.8. The minimum absolute atomic E-state index is 0.0841. The number of rotatable bonds is 4. The molecule has 0 saturated heterocycles. The van der Waals surface area contributed by atoms with Crippen molar-refractivity contribution in [1.29, 1.82) is 0 Å². The second kappa shape index (κ2) is 7.02. The van der Waals surface area contributed by atoms with E-state index in [-0.39, 0.29) is 11.8 Å². The van der Waals surface area contributed by atoms with Gasteiger partial charge in [-0.1, -0.05) is 42.5 Å². The molecule has 0 unspecified atom stereocenters. The first-order chi connectivity index (χ1) is 12.7. The van der Waals surface area contributed by atoms with Gasteiger partial charge in [0.1, 0.15) is 17.2 Å². The Bertz CT molecular complexity index is 1070. The first kappa shape index (κ1) is 16.4. The smallest absolute Gasteiger partial charge is 0.239 e. The number of halogens is 1. The molecule has 1 amide bonds. The normalized spacial score (nSPS) is 10.8. The van der Waals surface area contributed by atoms with Gasteiger partial charge in [0, 0.05) is 29.1 Å². The first-order valence-electron chi connectivity index (χ1n) is 8.15. The van der Waals surface area contributed by atoms with E-state index in [0.29, 0.717) is 11.4 Å². The van der Waals surface area contributed by atoms with Gasteiger partial charge in [0.2, 0.25) is 5.91 Å². The molecule has 4 nitrogen and oxygen atoms in total. The van der Waals surface area contributed by atoms with Crippen LogP contribution in [0.2, 0.25) is 0 Å². The van der Waals surface area contributed by atoms with Crippen LogP contribution >= 0.6 is 11.6 Å². The fourth-order valence-corrected chi connectivity index (χ4v) is 2.94. The molecule has 26 heavy (non-hydrogen) atoms. The van der Waals surface area contributed by atoms with Crippen LogP contribution in [0, 0.1) is 0 Å². The summed E-state index contributed by atoms with van der Waals surface area (Å²) in [5.74, 6) is 0.360. The van der Waals surface area contributed by atoms with E-state index in [2.05, 4.69) is 10.3 Å². The van der Waals surface area contributed by atoms with Crippen molar-refractivity contribution in [1.82, 2.24) is 4.98 Å². The average molecular weight is 363 g/mol. The molecule has 5 heteroatoms. The summed E-state index contributed by atoms with van der Waals surface area (Å²) < 4.78 is 6.12. The lowest BCUT2D eigenvalue weighted by molar-refractivity contribution is -0.113. The molecule has 0 bridgehead atoms. The van der Waals surface area contributed by atoms with Crippen LogP contribution in [0.1, 0.15) is 0 Å². The Morgan fingerprint density at radius 3 is 2.62 bits per heavy atom. The van der Waals surface area contributed by atoms with Gasteiger partial charge in [0.15, 0.2) is 5.58 Å². The Morgan fingerprint density at radius 2 is 1.81 bits per heavy atom. The van der Waals surface area contributed by atoms with Crippen LogP contribution in [-0.4, -0.2) is 16.8 Å². The average Bonchev–Trinajstić information content (AvgIpc) is 3.13. The van der Waals surface area contributed by atoms with Gasteiger partial charge >= 0.3 is 0 Å². The van der Waals surface area contributed by atoms with Gasteiger partial charge in [0.05, 0.1) is 0 Å². The quantitative estimate of drug-likeness (QED) is 0.498. The third-order valence-electron chi connectivity index (χ3n) is 4.05. The Labute approximate surface area is 155 Å². The van der Waals surface area contributed by atoms with Crippen LogP contribution in [0.3, 0.4) is 0 Å². The number of pyridine rings is 1. The summed E-state index contributed by atoms with van der Waals surface area (Å²) in [5, 5.41) is 2.74. The number of fused-ring (bicyclic) bond motifs is 1. The fourth-order valence-electron chi connectivity index (χ4n) is 2.87. The molecule has 2 aromatic heterocycles. The molecule has 2 aromatic carbocycles. The van der Waals surface area contributed by atoms with E-state index in [4.69, 9.17) is 16.0 Å². The van der Waals surface area contributed by atoms with E-state index in [1.54, 1.807) is 6.20 Å². The second-order valence-electron chi connectivity index (χ2n) is 5.81. The molecule has 0 aliphatic carbocycles. The number of anilines is 1. The minimum atomic E-state index is -0.249. The molecule has 0 saturated carbocycles. The fraction of sp³-hybridized carbons (Fsp3) is 0.0476. The maximum Gasteiger partial charge on any atom is 0.239 e. The summed E-state index contributed by atoms with van der Waals surface area (Å²) in [4.78, 5) is 15.9. The SMILES string of the molecule is O=C(CCl)Nc1cccc(-c2cc3nccc(-c4ccccc4)c3o2)c1. The van der Waals surface area contributed by atoms with Crippen LogP contribution in [0.4, 0.5) is 5.69 Å². The largest absolute Gasteiger partial charge is 0.454 e. The molecule has 4 rings (SSSR count). The number of hydrogen-bond acceptors (Lipinski definition) is 3. The number of furan rings is 1. The number of carbonyl (C=O) groups excluding carboxylic acids is 1. The lowest BCUT2D eigenvalue weighted by Crippen LogP contribution is -2.12. The molecule has 0 atom stereocenters. The van der Waals surface area contributed by atoms with Crippen LogP contribution in [0.15, 0.2) is 77.3 Å². The lowest BCUT2D eigenvalue weighted by Gasteiger charge is -2.04. The molecular weight excluding hydrogens is 348 g/mol. The van der Waals surface area contributed by atoms with Gasteiger partial charge in [-0.05, 0) is 23.8 Å². The van der Waals surface area contributed by atoms with E-state index >= 15 is 0 Å². The number of nitrogens with zero attached hydrogens (tertiary/aromatic N) is 1. The Kier molecular flexibility index (Phi) is 4.42. The van der Waals surface area contributed by atoms with Crippen molar-refractivity contribution >= 4 is 34.3 Å². The Balaban J connectivity index is 1.77. The molecule has 128 valence electrons. The van der Waals surface area contributed by atoms with Crippen LogP contribution in [0.25, 0.3) is 33.6 Å². The topological polar surface area (TPSA) is 55.1 Å². The zero-order valence-corrected chi connectivity index (χ0v) is 14.5. The lowest BCUT2D eigenvalue weighted by atomic mass is 10.1. The van der Waals surface area contributed by atoms with Crippen LogP contribution in [-0.2, 0) is 4.79 Å². The molecular formula is C21H15ClN2O2. The van der Waals surface area contributed by atoms with Gasteiger partial charge in [0.25, 0.3) is 0 Å². The van der Waals surface area contributed by atoms with Crippen molar-refractivity contribution in [3.05, 3.63) is 72.9 Å². The number of nitrogens with one attached hydrogen (secondary N) is 1. The molecule has 0 aliphatic rings. The van der Waals surface area contributed by atoms with Crippen LogP contribution in [0.5, 0.6) is 0 Å². The number of hydrogen-bond donors (Lipinski definition) is 1. The summed E-state index contributed by atoms with van der Waals surface area (Å²) >= 11 is 5.55. The molecule has 0 radical (unpaired) electrons. The summed E-state index contributed by atoms with van der Waals surface area (Å²) in [7, 11) is 0. The highest BCUT2D eigenvalue weighted by atomic mass is 35.5. The van der Waals surface area contributed by atoms with Crippen LogP contribution < -0.4 is 5.32 Å². The highest BCUT2D eigenvalue weighted by Crippen LogP contribution is 2.34. The predicted octanol–water partition coefficient (Wildman–Crippen LogP) is 5.34. The number of alkyl halides is 1. The van der Waals surface area contributed by atoms with Crippen molar-refractivity contribution in [3.63, 3.8) is 0 Å². The number of aromatic nitrogens is 1. The van der Waals surface area contributed by atoms with Gasteiger partial charge in [-0.15, -0.1) is 11.6 Å². The van der Waals surface area contributed by atoms with E-state index in [1.165, 1.54) is 0 Å². The van der Waals surface area contributed by atoms with Crippen molar-refractivity contribution < 1.29 is 9.21 Å². The van der Waals surface area contributed by atoms with E-state index < -0.39 is 0 Å². The highest BCUT2D eigenvalue weighted by Gasteiger charge is 2.13. The van der Waals surface area contributed by atoms with Crippen molar-refractivity contribution in [2.75, 3.05) is 11.2 Å². The number of amides is 1. The summed E-state index contributed by atoms with van der Waals surface area (Å²) in [5.41, 5.74) is 5.12. The zero-order chi connectivity index (χ0) is 17.9. The monoisotopic (exact) mass is 362 g/mol. The summed E-state index contributed by atoms with van der Waals surface area (Å²) in [6.07, 6.45) is 1.78. The van der Waals surface area contributed by atoms with E-state index in [1.807, 2.05) is 66.7 Å². The third-order valence-corrected chi connectivity index (χ3v) is 4.29. The molecule has 0 spiro atoms. The second-order valence-corrected chi connectivity index (χ2v) is 6.08. The highest BCUT2D eigenvalue weighted by molar-refractivity contribution is 6.29. The summed E-state index contributed by atoms with van der Waals surface area (Å²) in [6, 6.07) is 21.4. The van der Waals surface area contributed by atoms with Crippen molar-refractivity contribution in [3.8, 4) is 22.5 Å². The maximum atomic E-state index is 11.5. The molecule has 1 N–H and O–H groups in total. The maximum absolute atomic E-state index is 11.5. The number of benzene rings is 2. The van der Waals surface area contributed by atoms with E-state index in [0.717, 1.165) is 27.8 Å². The van der Waals surface area contributed by atoms with Gasteiger partial charge < -0.3 is 9.73 Å². The summed E-state index contributed by atoms with van der Waals surface area (Å²) in [6.45, 7) is 0. The molecule has 0 aliphatic heterocycles. The number of carbonyl (C=O) groups is 1. The molecule has 2 heterocycles. The minimum Gasteiger partial charge on any atom is -0.454 e. The van der Waals surface area contributed by atoms with Gasteiger partial charge in [-0.2, -0.15) is 0 Å². The third kappa shape index (κ3) is 3.19. The first-order valence-corrected chi connectivity index (χ1v) is 8.68. The Hall–Kier alpha value is -3.11. The van der Waals surface area contributed by atoms with Gasteiger partial charge in [-0.25, -0.2) is 0 Å². The van der Waals surface area contributed by atoms with Crippen molar-refractivity contribution in [2.45, 2.75) is 0 Å². The molecule has 0 fully saturated rings. The van der Waals surface area contributed by atoms with Crippen molar-refractivity contribution in [2.24, 2.45) is 0 Å². The predicted molar refractivity (Wildman–Crippen MR) is 104 cm³/mol. The van der Waals surface area contributed by atoms with Gasteiger partial charge in [-0.3, -0.25) is 9.78 Å². The molecule has 4 aromatic rings. The van der Waals surface area contributed by atoms with E-state index in [9.17, 15) is 4.79 Å². The Morgan fingerprint density at radius 1 is 1.00 bits per heavy atom.